The second kappa shape index (κ2) is 6.50. The van der Waals surface area contributed by atoms with E-state index >= 15 is 0 Å². The van der Waals surface area contributed by atoms with Crippen LogP contribution in [0, 0.1) is 5.82 Å². The number of thiol groups is 1. The molecular formula is C16H15ClFNOS. The van der Waals surface area contributed by atoms with E-state index in [9.17, 15) is 9.18 Å². The van der Waals surface area contributed by atoms with Crippen LogP contribution >= 0.6 is 24.2 Å². The largest absolute Gasteiger partial charge is 0.335 e. The van der Waals surface area contributed by atoms with Crippen molar-refractivity contribution in [3.8, 4) is 0 Å². The molecule has 0 aromatic heterocycles. The highest BCUT2D eigenvalue weighted by atomic mass is 35.5. The molecule has 0 aliphatic rings. The number of amides is 1. The number of halogens is 2. The van der Waals surface area contributed by atoms with Crippen LogP contribution in [0.15, 0.2) is 47.4 Å². The summed E-state index contributed by atoms with van der Waals surface area (Å²) in [5, 5.41) is 0.601. The van der Waals surface area contributed by atoms with E-state index in [4.69, 9.17) is 11.6 Å². The van der Waals surface area contributed by atoms with Crippen LogP contribution in [0.5, 0.6) is 0 Å². The lowest BCUT2D eigenvalue weighted by Gasteiger charge is -2.26. The van der Waals surface area contributed by atoms with Crippen LogP contribution in [0.3, 0.4) is 0 Å². The van der Waals surface area contributed by atoms with Gasteiger partial charge in [0.1, 0.15) is 5.82 Å². The zero-order valence-electron chi connectivity index (χ0n) is 11.7. The number of rotatable bonds is 3. The predicted octanol–water partition coefficient (Wildman–Crippen LogP) is 4.60. The summed E-state index contributed by atoms with van der Waals surface area (Å²) in [7, 11) is 1.64. The Kier molecular flexibility index (Phi) is 4.91. The van der Waals surface area contributed by atoms with Crippen LogP contribution in [0.1, 0.15) is 28.9 Å². The number of hydrogen-bond acceptors (Lipinski definition) is 2. The second-order valence-electron chi connectivity index (χ2n) is 4.81. The fourth-order valence-corrected chi connectivity index (χ4v) is 2.44. The van der Waals surface area contributed by atoms with E-state index in [1.54, 1.807) is 19.2 Å². The fourth-order valence-electron chi connectivity index (χ4n) is 2.03. The molecule has 2 nitrogen and oxygen atoms in total. The van der Waals surface area contributed by atoms with Crippen molar-refractivity contribution in [1.82, 2.24) is 4.90 Å². The summed E-state index contributed by atoms with van der Waals surface area (Å²) in [6.45, 7) is 1.87. The van der Waals surface area contributed by atoms with Crippen LogP contribution in [-0.2, 0) is 0 Å². The minimum absolute atomic E-state index is 0.0129. The van der Waals surface area contributed by atoms with E-state index in [2.05, 4.69) is 12.6 Å². The van der Waals surface area contributed by atoms with E-state index in [1.807, 2.05) is 19.1 Å². The van der Waals surface area contributed by atoms with Gasteiger partial charge in [0.25, 0.3) is 5.91 Å². The summed E-state index contributed by atoms with van der Waals surface area (Å²) in [5.74, 6) is -0.946. The molecule has 0 bridgehead atoms. The Morgan fingerprint density at radius 1 is 1.29 bits per heavy atom. The Morgan fingerprint density at radius 2 is 2.00 bits per heavy atom. The van der Waals surface area contributed by atoms with Crippen molar-refractivity contribution in [3.63, 3.8) is 0 Å². The third kappa shape index (κ3) is 3.57. The van der Waals surface area contributed by atoms with Gasteiger partial charge in [0.15, 0.2) is 0 Å². The number of carbonyl (C=O) groups excluding carboxylic acids is 1. The quantitative estimate of drug-likeness (QED) is 0.818. The van der Waals surface area contributed by atoms with E-state index in [0.717, 1.165) is 5.56 Å². The maximum absolute atomic E-state index is 13.8. The standard InChI is InChI=1S/C16H15ClFNOS/c1-10(11-4-3-5-12(17)8-11)19(2)16(20)14-9-13(21)6-7-15(14)18/h3-10,21H,1-2H3. The molecule has 1 unspecified atom stereocenters. The minimum Gasteiger partial charge on any atom is -0.335 e. The highest BCUT2D eigenvalue weighted by molar-refractivity contribution is 7.80. The van der Waals surface area contributed by atoms with Gasteiger partial charge in [-0.05, 0) is 42.8 Å². The first-order valence-electron chi connectivity index (χ1n) is 6.41. The van der Waals surface area contributed by atoms with Crippen LogP contribution in [0.4, 0.5) is 4.39 Å². The topological polar surface area (TPSA) is 20.3 Å². The van der Waals surface area contributed by atoms with Gasteiger partial charge in [-0.15, -0.1) is 12.6 Å². The van der Waals surface area contributed by atoms with Crippen molar-refractivity contribution in [1.29, 1.82) is 0 Å². The van der Waals surface area contributed by atoms with Crippen molar-refractivity contribution in [2.75, 3.05) is 7.05 Å². The maximum atomic E-state index is 13.8. The van der Waals surface area contributed by atoms with Crippen LogP contribution < -0.4 is 0 Å². The summed E-state index contributed by atoms with van der Waals surface area (Å²) in [6.07, 6.45) is 0. The Hall–Kier alpha value is -1.52. The maximum Gasteiger partial charge on any atom is 0.257 e. The molecule has 2 aromatic carbocycles. The van der Waals surface area contributed by atoms with Crippen molar-refractivity contribution >= 4 is 30.1 Å². The summed E-state index contributed by atoms with van der Waals surface area (Å²) < 4.78 is 13.8. The molecule has 2 rings (SSSR count). The average molecular weight is 324 g/mol. The van der Waals surface area contributed by atoms with Gasteiger partial charge in [0.2, 0.25) is 0 Å². The van der Waals surface area contributed by atoms with Gasteiger partial charge in [-0.2, -0.15) is 0 Å². The molecule has 0 spiro atoms. The monoisotopic (exact) mass is 323 g/mol. The lowest BCUT2D eigenvalue weighted by Crippen LogP contribution is -2.30. The van der Waals surface area contributed by atoms with Gasteiger partial charge in [0.05, 0.1) is 11.6 Å². The molecule has 0 heterocycles. The van der Waals surface area contributed by atoms with Crippen LogP contribution in [0.25, 0.3) is 0 Å². The number of hydrogen-bond donors (Lipinski definition) is 1. The number of nitrogens with zero attached hydrogens (tertiary/aromatic N) is 1. The normalized spacial score (nSPS) is 12.0. The Morgan fingerprint density at radius 3 is 2.67 bits per heavy atom. The number of carbonyl (C=O) groups is 1. The predicted molar refractivity (Wildman–Crippen MR) is 85.6 cm³/mol. The van der Waals surface area contributed by atoms with Crippen molar-refractivity contribution < 1.29 is 9.18 Å². The van der Waals surface area contributed by atoms with E-state index in [0.29, 0.717) is 9.92 Å². The number of benzene rings is 2. The molecule has 0 saturated heterocycles. The van der Waals surface area contributed by atoms with Crippen LogP contribution in [-0.4, -0.2) is 17.9 Å². The van der Waals surface area contributed by atoms with Gasteiger partial charge >= 0.3 is 0 Å². The Labute approximate surface area is 133 Å². The van der Waals surface area contributed by atoms with Gasteiger partial charge < -0.3 is 4.90 Å². The molecule has 0 fully saturated rings. The zero-order valence-corrected chi connectivity index (χ0v) is 13.3. The fraction of sp³-hybridized carbons (Fsp3) is 0.188. The third-order valence-electron chi connectivity index (χ3n) is 3.41. The Bertz CT molecular complexity index is 677. The van der Waals surface area contributed by atoms with Crippen molar-refractivity contribution in [2.45, 2.75) is 17.9 Å². The third-order valence-corrected chi connectivity index (χ3v) is 3.93. The molecule has 0 aliphatic carbocycles. The van der Waals surface area contributed by atoms with Crippen molar-refractivity contribution in [3.05, 3.63) is 64.4 Å². The molecule has 1 amide bonds. The zero-order chi connectivity index (χ0) is 15.6. The molecule has 2 aromatic rings. The first-order valence-corrected chi connectivity index (χ1v) is 7.24. The first kappa shape index (κ1) is 15.9. The average Bonchev–Trinajstić information content (AvgIpc) is 2.47. The molecule has 0 saturated carbocycles. The molecule has 0 N–H and O–H groups in total. The molecule has 0 aliphatic heterocycles. The van der Waals surface area contributed by atoms with Gasteiger partial charge in [0, 0.05) is 17.0 Å². The highest BCUT2D eigenvalue weighted by Crippen LogP contribution is 2.24. The summed E-state index contributed by atoms with van der Waals surface area (Å²) in [6, 6.07) is 11.2. The summed E-state index contributed by atoms with van der Waals surface area (Å²) >= 11 is 10.1. The van der Waals surface area contributed by atoms with Crippen molar-refractivity contribution in [2.24, 2.45) is 0 Å². The Balaban J connectivity index is 2.28. The molecule has 1 atom stereocenters. The van der Waals surface area contributed by atoms with E-state index in [1.165, 1.54) is 23.1 Å². The molecule has 21 heavy (non-hydrogen) atoms. The molecule has 110 valence electrons. The highest BCUT2D eigenvalue weighted by Gasteiger charge is 2.21. The summed E-state index contributed by atoms with van der Waals surface area (Å²) in [5.41, 5.74) is 0.902. The summed E-state index contributed by atoms with van der Waals surface area (Å²) in [4.78, 5) is 14.5. The molecule has 0 radical (unpaired) electrons. The lowest BCUT2D eigenvalue weighted by molar-refractivity contribution is 0.0737. The lowest BCUT2D eigenvalue weighted by atomic mass is 10.1. The molecular weight excluding hydrogens is 309 g/mol. The minimum atomic E-state index is -0.553. The SMILES string of the molecule is CC(c1cccc(Cl)c1)N(C)C(=O)c1cc(S)ccc1F. The van der Waals surface area contributed by atoms with Gasteiger partial charge in [-0.25, -0.2) is 4.39 Å². The van der Waals surface area contributed by atoms with Gasteiger partial charge in [-0.1, -0.05) is 23.7 Å². The van der Waals surface area contributed by atoms with Crippen LogP contribution in [0.2, 0.25) is 5.02 Å². The van der Waals surface area contributed by atoms with E-state index in [-0.39, 0.29) is 11.6 Å². The first-order chi connectivity index (χ1) is 9.90. The van der Waals surface area contributed by atoms with Gasteiger partial charge in [-0.3, -0.25) is 4.79 Å². The molecule has 5 heteroatoms. The van der Waals surface area contributed by atoms with E-state index < -0.39 is 11.7 Å². The second-order valence-corrected chi connectivity index (χ2v) is 5.76. The smallest absolute Gasteiger partial charge is 0.257 e.